The van der Waals surface area contributed by atoms with Crippen molar-refractivity contribution in [3.05, 3.63) is 23.8 Å². The van der Waals surface area contributed by atoms with Gasteiger partial charge in [-0.1, -0.05) is 12.5 Å². The molecule has 0 radical (unpaired) electrons. The van der Waals surface area contributed by atoms with E-state index >= 15 is 0 Å². The molecule has 5 nitrogen and oxygen atoms in total. The Bertz CT molecular complexity index is 497. The standard InChI is InChI=1S/C17H25NO4/c1-21-15-7-6-13(11-16(15)22-2)10-14(17(19)20)12-18-8-4-3-5-9-18/h6-7,11,14H,3-5,8-10,12H2,1-2H3,(H,19,20). The average molecular weight is 307 g/mol. The zero-order chi connectivity index (χ0) is 15.9. The minimum atomic E-state index is -0.736. The Hall–Kier alpha value is -1.75. The summed E-state index contributed by atoms with van der Waals surface area (Å²) in [5, 5.41) is 9.51. The van der Waals surface area contributed by atoms with Crippen molar-refractivity contribution < 1.29 is 19.4 Å². The predicted octanol–water partition coefficient (Wildman–Crippen LogP) is 2.43. The van der Waals surface area contributed by atoms with Crippen LogP contribution in [0, 0.1) is 5.92 Å². The van der Waals surface area contributed by atoms with E-state index in [0.29, 0.717) is 24.5 Å². The van der Waals surface area contributed by atoms with Gasteiger partial charge in [-0.3, -0.25) is 4.79 Å². The molecule has 5 heteroatoms. The molecule has 1 atom stereocenters. The second-order valence-corrected chi connectivity index (χ2v) is 5.79. The van der Waals surface area contributed by atoms with Gasteiger partial charge in [0.1, 0.15) is 0 Å². The van der Waals surface area contributed by atoms with Gasteiger partial charge >= 0.3 is 5.97 Å². The van der Waals surface area contributed by atoms with E-state index in [4.69, 9.17) is 9.47 Å². The van der Waals surface area contributed by atoms with Crippen molar-refractivity contribution in [3.63, 3.8) is 0 Å². The Kier molecular flexibility index (Phi) is 6.07. The molecular formula is C17H25NO4. The number of carboxylic acid groups (broad SMARTS) is 1. The highest BCUT2D eigenvalue weighted by molar-refractivity contribution is 5.70. The highest BCUT2D eigenvalue weighted by Crippen LogP contribution is 2.28. The van der Waals surface area contributed by atoms with Crippen molar-refractivity contribution in [3.8, 4) is 11.5 Å². The molecule has 1 saturated heterocycles. The van der Waals surface area contributed by atoms with Gasteiger partial charge in [-0.15, -0.1) is 0 Å². The van der Waals surface area contributed by atoms with Gasteiger partial charge < -0.3 is 19.5 Å². The molecule has 1 N–H and O–H groups in total. The van der Waals surface area contributed by atoms with E-state index in [1.165, 1.54) is 19.3 Å². The minimum Gasteiger partial charge on any atom is -0.493 e. The fourth-order valence-corrected chi connectivity index (χ4v) is 2.98. The molecule has 0 amide bonds. The van der Waals surface area contributed by atoms with Crippen LogP contribution in [0.4, 0.5) is 0 Å². The molecule has 0 saturated carbocycles. The number of benzene rings is 1. The second-order valence-electron chi connectivity index (χ2n) is 5.79. The predicted molar refractivity (Wildman–Crippen MR) is 84.7 cm³/mol. The van der Waals surface area contributed by atoms with E-state index in [1.54, 1.807) is 14.2 Å². The summed E-state index contributed by atoms with van der Waals surface area (Å²) in [6.45, 7) is 2.63. The van der Waals surface area contributed by atoms with Crippen molar-refractivity contribution >= 4 is 5.97 Å². The van der Waals surface area contributed by atoms with E-state index in [1.807, 2.05) is 18.2 Å². The number of nitrogens with zero attached hydrogens (tertiary/aromatic N) is 1. The molecule has 22 heavy (non-hydrogen) atoms. The summed E-state index contributed by atoms with van der Waals surface area (Å²) in [4.78, 5) is 13.8. The number of piperidine rings is 1. The Morgan fingerprint density at radius 2 is 1.86 bits per heavy atom. The lowest BCUT2D eigenvalue weighted by Gasteiger charge is -2.29. The van der Waals surface area contributed by atoms with Crippen molar-refractivity contribution in [2.45, 2.75) is 25.7 Å². The van der Waals surface area contributed by atoms with Gasteiger partial charge in [0, 0.05) is 6.54 Å². The number of hydrogen-bond acceptors (Lipinski definition) is 4. The zero-order valence-corrected chi connectivity index (χ0v) is 13.4. The summed E-state index contributed by atoms with van der Waals surface area (Å²) in [6, 6.07) is 5.60. The molecule has 1 aliphatic heterocycles. The fourth-order valence-electron chi connectivity index (χ4n) is 2.98. The molecule has 0 aliphatic carbocycles. The molecule has 1 aromatic carbocycles. The van der Waals surface area contributed by atoms with Crippen LogP contribution in [-0.2, 0) is 11.2 Å². The molecule has 1 aromatic rings. The van der Waals surface area contributed by atoms with Crippen LogP contribution in [0.5, 0.6) is 11.5 Å². The Morgan fingerprint density at radius 1 is 1.18 bits per heavy atom. The largest absolute Gasteiger partial charge is 0.493 e. The monoisotopic (exact) mass is 307 g/mol. The van der Waals surface area contributed by atoms with Gasteiger partial charge in [0.15, 0.2) is 11.5 Å². The summed E-state index contributed by atoms with van der Waals surface area (Å²) >= 11 is 0. The summed E-state index contributed by atoms with van der Waals surface area (Å²) in [6.07, 6.45) is 4.10. The van der Waals surface area contributed by atoms with Crippen molar-refractivity contribution in [1.29, 1.82) is 0 Å². The third kappa shape index (κ3) is 4.37. The number of ether oxygens (including phenoxy) is 2. The van der Waals surface area contributed by atoms with Crippen LogP contribution in [0.3, 0.4) is 0 Å². The SMILES string of the molecule is COc1ccc(CC(CN2CCCCC2)C(=O)O)cc1OC. The molecule has 1 heterocycles. The topological polar surface area (TPSA) is 59.0 Å². The van der Waals surface area contributed by atoms with Crippen molar-refractivity contribution in [1.82, 2.24) is 4.90 Å². The van der Waals surface area contributed by atoms with Gasteiger partial charge in [-0.25, -0.2) is 0 Å². The van der Waals surface area contributed by atoms with Crippen LogP contribution < -0.4 is 9.47 Å². The van der Waals surface area contributed by atoms with Gasteiger partial charge in [0.05, 0.1) is 20.1 Å². The lowest BCUT2D eigenvalue weighted by Crippen LogP contribution is -2.37. The molecule has 122 valence electrons. The van der Waals surface area contributed by atoms with E-state index in [-0.39, 0.29) is 0 Å². The number of aliphatic carboxylic acids is 1. The van der Waals surface area contributed by atoms with Crippen LogP contribution >= 0.6 is 0 Å². The number of methoxy groups -OCH3 is 2. The third-order valence-corrected chi connectivity index (χ3v) is 4.21. The first-order chi connectivity index (χ1) is 10.6. The summed E-state index contributed by atoms with van der Waals surface area (Å²) in [7, 11) is 3.18. The van der Waals surface area contributed by atoms with Gasteiger partial charge in [0.25, 0.3) is 0 Å². The fraction of sp³-hybridized carbons (Fsp3) is 0.588. The van der Waals surface area contributed by atoms with Crippen LogP contribution in [0.15, 0.2) is 18.2 Å². The molecule has 1 unspecified atom stereocenters. The maximum absolute atomic E-state index is 11.6. The summed E-state index contributed by atoms with van der Waals surface area (Å²) < 4.78 is 10.5. The molecule has 1 aliphatic rings. The van der Waals surface area contributed by atoms with E-state index in [0.717, 1.165) is 18.7 Å². The van der Waals surface area contributed by atoms with Crippen LogP contribution in [0.2, 0.25) is 0 Å². The average Bonchev–Trinajstić information content (AvgIpc) is 2.55. The number of rotatable bonds is 7. The Morgan fingerprint density at radius 3 is 2.45 bits per heavy atom. The van der Waals surface area contributed by atoms with Gasteiger partial charge in [-0.05, 0) is 50.0 Å². The van der Waals surface area contributed by atoms with E-state index < -0.39 is 11.9 Å². The van der Waals surface area contributed by atoms with Crippen LogP contribution in [0.1, 0.15) is 24.8 Å². The second kappa shape index (κ2) is 8.03. The molecule has 0 aromatic heterocycles. The molecule has 0 spiro atoms. The van der Waals surface area contributed by atoms with Crippen LogP contribution in [0.25, 0.3) is 0 Å². The summed E-state index contributed by atoms with van der Waals surface area (Å²) in [5.74, 6) is 0.174. The number of likely N-dealkylation sites (tertiary alicyclic amines) is 1. The van der Waals surface area contributed by atoms with Gasteiger partial charge in [-0.2, -0.15) is 0 Å². The first kappa shape index (κ1) is 16.6. The van der Waals surface area contributed by atoms with E-state index in [2.05, 4.69) is 4.90 Å². The minimum absolute atomic E-state index is 0.392. The van der Waals surface area contributed by atoms with Crippen molar-refractivity contribution in [2.75, 3.05) is 33.9 Å². The number of carboxylic acids is 1. The summed E-state index contributed by atoms with van der Waals surface area (Å²) in [5.41, 5.74) is 0.960. The third-order valence-electron chi connectivity index (χ3n) is 4.21. The first-order valence-corrected chi connectivity index (χ1v) is 7.80. The maximum Gasteiger partial charge on any atom is 0.308 e. The normalized spacial score (nSPS) is 17.0. The Labute approximate surface area is 131 Å². The first-order valence-electron chi connectivity index (χ1n) is 7.80. The molecule has 0 bridgehead atoms. The Balaban J connectivity index is 2.05. The molecule has 2 rings (SSSR count). The maximum atomic E-state index is 11.6. The molecule has 1 fully saturated rings. The smallest absolute Gasteiger partial charge is 0.308 e. The number of hydrogen-bond donors (Lipinski definition) is 1. The highest BCUT2D eigenvalue weighted by atomic mass is 16.5. The van der Waals surface area contributed by atoms with Crippen LogP contribution in [-0.4, -0.2) is 49.8 Å². The number of carbonyl (C=O) groups is 1. The zero-order valence-electron chi connectivity index (χ0n) is 13.4. The highest BCUT2D eigenvalue weighted by Gasteiger charge is 2.23. The van der Waals surface area contributed by atoms with Gasteiger partial charge in [0.2, 0.25) is 0 Å². The quantitative estimate of drug-likeness (QED) is 0.838. The van der Waals surface area contributed by atoms with Crippen molar-refractivity contribution in [2.24, 2.45) is 5.92 Å². The molecular weight excluding hydrogens is 282 g/mol. The lowest BCUT2D eigenvalue weighted by atomic mass is 9.97. The van der Waals surface area contributed by atoms with E-state index in [9.17, 15) is 9.90 Å². The lowest BCUT2D eigenvalue weighted by molar-refractivity contribution is -0.142.